The fourth-order valence-corrected chi connectivity index (χ4v) is 12.3. The molecule has 0 heterocycles. The van der Waals surface area contributed by atoms with Crippen molar-refractivity contribution in [1.82, 2.24) is 0 Å². The molecule has 0 radical (unpaired) electrons. The summed E-state index contributed by atoms with van der Waals surface area (Å²) in [4.78, 5) is 0. The quantitative estimate of drug-likeness (QED) is 0.450. The van der Waals surface area contributed by atoms with Gasteiger partial charge in [-0.3, -0.25) is 0 Å². The van der Waals surface area contributed by atoms with Crippen molar-refractivity contribution in [2.75, 3.05) is 0 Å². The van der Waals surface area contributed by atoms with Gasteiger partial charge in [0.15, 0.2) is 0 Å². The second-order valence-electron chi connectivity index (χ2n) is 6.48. The van der Waals surface area contributed by atoms with E-state index < -0.39 is 22.9 Å². The van der Waals surface area contributed by atoms with Gasteiger partial charge in [-0.1, -0.05) is 0 Å². The molecule has 4 aliphatic rings. The summed E-state index contributed by atoms with van der Waals surface area (Å²) in [6, 6.07) is 0. The third-order valence-electron chi connectivity index (χ3n) is 5.45. The summed E-state index contributed by atoms with van der Waals surface area (Å²) in [5.74, 6) is 1.89. The van der Waals surface area contributed by atoms with Crippen LogP contribution in [0.3, 0.4) is 0 Å². The first-order chi connectivity index (χ1) is 9.42. The third-order valence-corrected chi connectivity index (χ3v) is 12.8. The van der Waals surface area contributed by atoms with Crippen molar-refractivity contribution in [2.24, 2.45) is 11.8 Å². The summed E-state index contributed by atoms with van der Waals surface area (Å²) in [6.45, 7) is 0. The van der Waals surface area contributed by atoms with E-state index in [2.05, 4.69) is 36.5 Å². The predicted octanol–water partition coefficient (Wildman–Crippen LogP) is -0.753. The molecule has 4 unspecified atom stereocenters. The van der Waals surface area contributed by atoms with Gasteiger partial charge in [0.05, 0.1) is 0 Å². The molecule has 2 fully saturated rings. The van der Waals surface area contributed by atoms with Gasteiger partial charge in [0.1, 0.15) is 0 Å². The van der Waals surface area contributed by atoms with Crippen molar-refractivity contribution in [2.45, 2.75) is 45.9 Å². The van der Waals surface area contributed by atoms with Crippen LogP contribution in [-0.4, -0.2) is 0 Å². The molecule has 0 amide bonds. The molecular formula is C18H22Cl2Hf. The Morgan fingerprint density at radius 1 is 0.714 bits per heavy atom. The van der Waals surface area contributed by atoms with E-state index in [1.165, 1.54) is 38.5 Å². The van der Waals surface area contributed by atoms with E-state index in [1.54, 1.807) is 0 Å². The standard InChI is InChI=1S/2C9H11.2ClH.Hf/c2*1-2-5-9-7-3-6-8(9)4-1;;;/h2*1-2,4,6,9H,3,5,7H2;2*1H;/q;;;;+2/p-2. The first-order valence-corrected chi connectivity index (χ1v) is 12.1. The maximum Gasteiger partial charge on any atom is -1.00 e. The zero-order valence-electron chi connectivity index (χ0n) is 12.3. The average Bonchev–Trinajstić information content (AvgIpc) is 3.05. The van der Waals surface area contributed by atoms with Crippen molar-refractivity contribution in [3.8, 4) is 0 Å². The molecule has 0 nitrogen and oxygen atoms in total. The van der Waals surface area contributed by atoms with Crippen LogP contribution in [0.2, 0.25) is 7.35 Å². The van der Waals surface area contributed by atoms with Crippen LogP contribution in [0.25, 0.3) is 0 Å². The summed E-state index contributed by atoms with van der Waals surface area (Å²) < 4.78 is 2.18. The predicted molar refractivity (Wildman–Crippen MR) is 76.6 cm³/mol. The zero-order valence-corrected chi connectivity index (χ0v) is 17.4. The minimum Gasteiger partial charge on any atom is -1.00 e. The smallest absolute Gasteiger partial charge is 1.00 e. The Morgan fingerprint density at radius 2 is 1.19 bits per heavy atom. The molecule has 0 aromatic heterocycles. The maximum absolute atomic E-state index is 2.49. The second-order valence-corrected chi connectivity index (χ2v) is 12.7. The molecule has 0 spiro atoms. The molecule has 4 atom stereocenters. The van der Waals surface area contributed by atoms with Crippen LogP contribution in [0.5, 0.6) is 0 Å². The molecule has 4 rings (SSSR count). The monoisotopic (exact) mass is 488 g/mol. The Bertz CT molecular complexity index is 445. The number of allylic oxidation sites excluding steroid dienone is 8. The number of halogens is 2. The van der Waals surface area contributed by atoms with Crippen molar-refractivity contribution in [3.05, 3.63) is 47.6 Å². The van der Waals surface area contributed by atoms with Crippen molar-refractivity contribution in [3.63, 3.8) is 0 Å². The number of fused-ring (bicyclic) bond motifs is 2. The Morgan fingerprint density at radius 3 is 1.67 bits per heavy atom. The van der Waals surface area contributed by atoms with Crippen LogP contribution in [-0.2, 0) is 22.9 Å². The van der Waals surface area contributed by atoms with Crippen LogP contribution < -0.4 is 24.8 Å². The largest absolute Gasteiger partial charge is 1.00 e. The molecule has 0 bridgehead atoms. The summed E-state index contributed by atoms with van der Waals surface area (Å²) in [5.41, 5.74) is 3.75. The van der Waals surface area contributed by atoms with Crippen LogP contribution in [0.1, 0.15) is 38.5 Å². The molecule has 0 aromatic carbocycles. The van der Waals surface area contributed by atoms with E-state index in [0.717, 1.165) is 19.2 Å². The van der Waals surface area contributed by atoms with E-state index in [9.17, 15) is 0 Å². The van der Waals surface area contributed by atoms with Gasteiger partial charge in [-0.25, -0.2) is 0 Å². The van der Waals surface area contributed by atoms with Crippen LogP contribution in [0, 0.1) is 11.8 Å². The fourth-order valence-electron chi connectivity index (χ4n) is 4.43. The molecule has 0 N–H and O–H groups in total. The van der Waals surface area contributed by atoms with E-state index in [1.807, 2.05) is 11.1 Å². The van der Waals surface area contributed by atoms with Gasteiger partial charge in [0.25, 0.3) is 0 Å². The van der Waals surface area contributed by atoms with E-state index in [0.29, 0.717) is 0 Å². The zero-order chi connectivity index (χ0) is 12.7. The molecule has 112 valence electrons. The molecule has 21 heavy (non-hydrogen) atoms. The molecule has 4 aliphatic carbocycles. The SMILES string of the molecule is C1=CCC2CC[CH]([Hf+2][CH]3CCC4CC=CC=C43)C2=C1.[Cl-].[Cl-]. The number of hydrogen-bond acceptors (Lipinski definition) is 0. The molecular weight excluding hydrogens is 466 g/mol. The number of hydrogen-bond donors (Lipinski definition) is 0. The Balaban J connectivity index is 0.000000807. The van der Waals surface area contributed by atoms with E-state index in [-0.39, 0.29) is 24.8 Å². The average molecular weight is 488 g/mol. The Hall–Kier alpha value is 0.410. The minimum atomic E-state index is -0.535. The normalized spacial score (nSPS) is 35.6. The van der Waals surface area contributed by atoms with Crippen molar-refractivity contribution in [1.29, 1.82) is 0 Å². The molecule has 3 heteroatoms. The maximum atomic E-state index is 2.49. The fraction of sp³-hybridized carbons (Fsp3) is 0.556. The summed E-state index contributed by atoms with van der Waals surface area (Å²) >= 11 is -0.535. The molecule has 0 aromatic rings. The Kier molecular flexibility index (Phi) is 6.59. The molecule has 2 saturated carbocycles. The molecule has 0 aliphatic heterocycles. The van der Waals surface area contributed by atoms with Crippen molar-refractivity contribution >= 4 is 0 Å². The van der Waals surface area contributed by atoms with Gasteiger partial charge in [-0.2, -0.15) is 0 Å². The van der Waals surface area contributed by atoms with Gasteiger partial charge >= 0.3 is 128 Å². The first kappa shape index (κ1) is 17.8. The van der Waals surface area contributed by atoms with Gasteiger partial charge in [0, 0.05) is 0 Å². The second kappa shape index (κ2) is 7.79. The van der Waals surface area contributed by atoms with Crippen LogP contribution in [0.4, 0.5) is 0 Å². The van der Waals surface area contributed by atoms with E-state index in [4.69, 9.17) is 0 Å². The summed E-state index contributed by atoms with van der Waals surface area (Å²) in [6.07, 6.45) is 23.1. The first-order valence-electron chi connectivity index (χ1n) is 7.91. The van der Waals surface area contributed by atoms with Gasteiger partial charge in [-0.05, 0) is 0 Å². The molecule has 0 saturated heterocycles. The summed E-state index contributed by atoms with van der Waals surface area (Å²) in [5, 5.41) is 0. The van der Waals surface area contributed by atoms with Gasteiger partial charge in [-0.15, -0.1) is 0 Å². The minimum absolute atomic E-state index is 0. The van der Waals surface area contributed by atoms with Crippen LogP contribution in [0.15, 0.2) is 47.6 Å². The number of rotatable bonds is 2. The Labute approximate surface area is 152 Å². The van der Waals surface area contributed by atoms with Crippen molar-refractivity contribution < 1.29 is 47.7 Å². The van der Waals surface area contributed by atoms with E-state index >= 15 is 0 Å². The van der Waals surface area contributed by atoms with Gasteiger partial charge < -0.3 is 24.8 Å². The van der Waals surface area contributed by atoms with Gasteiger partial charge in [0.2, 0.25) is 0 Å². The van der Waals surface area contributed by atoms with Crippen LogP contribution >= 0.6 is 0 Å². The summed E-state index contributed by atoms with van der Waals surface area (Å²) in [7, 11) is 0. The third kappa shape index (κ3) is 3.51. The topological polar surface area (TPSA) is 0 Å².